The Morgan fingerprint density at radius 1 is 1.04 bits per heavy atom. The molecule has 0 spiro atoms. The lowest BCUT2D eigenvalue weighted by Gasteiger charge is -2.37. The van der Waals surface area contributed by atoms with Crippen LogP contribution in [-0.2, 0) is 11.2 Å². The number of fused-ring (bicyclic) bond motifs is 1. The lowest BCUT2D eigenvalue weighted by Crippen LogP contribution is -2.50. The van der Waals surface area contributed by atoms with Crippen molar-refractivity contribution < 1.29 is 4.79 Å². The van der Waals surface area contributed by atoms with E-state index in [4.69, 9.17) is 0 Å². The van der Waals surface area contributed by atoms with Gasteiger partial charge in [-0.15, -0.1) is 0 Å². The van der Waals surface area contributed by atoms with Crippen LogP contribution in [0.5, 0.6) is 0 Å². The molecular formula is C20H24N2O. The molecule has 0 aromatic heterocycles. The SMILES string of the molecule is CC(C)C1Nc2ccccc2N(CCCc2ccccc2)C1=O. The van der Waals surface area contributed by atoms with E-state index in [0.29, 0.717) is 0 Å². The van der Waals surface area contributed by atoms with E-state index in [1.807, 2.05) is 29.2 Å². The van der Waals surface area contributed by atoms with E-state index in [0.717, 1.165) is 30.8 Å². The number of hydrogen-bond acceptors (Lipinski definition) is 2. The van der Waals surface area contributed by atoms with Gasteiger partial charge in [0.05, 0.1) is 11.4 Å². The van der Waals surface area contributed by atoms with Crippen LogP contribution in [0.25, 0.3) is 0 Å². The molecule has 1 atom stereocenters. The third-order valence-corrected chi connectivity index (χ3v) is 4.39. The summed E-state index contributed by atoms with van der Waals surface area (Å²) in [5.41, 5.74) is 3.39. The van der Waals surface area contributed by atoms with Gasteiger partial charge in [0.1, 0.15) is 6.04 Å². The molecule has 3 nitrogen and oxygen atoms in total. The Bertz CT molecular complexity index is 666. The van der Waals surface area contributed by atoms with Gasteiger partial charge in [0.2, 0.25) is 5.91 Å². The number of benzene rings is 2. The van der Waals surface area contributed by atoms with Gasteiger partial charge in [0.25, 0.3) is 0 Å². The van der Waals surface area contributed by atoms with Crippen LogP contribution in [0.15, 0.2) is 54.6 Å². The third kappa shape index (κ3) is 3.39. The average molecular weight is 308 g/mol. The first kappa shape index (κ1) is 15.6. The van der Waals surface area contributed by atoms with Gasteiger partial charge in [-0.2, -0.15) is 0 Å². The number of para-hydroxylation sites is 2. The zero-order valence-corrected chi connectivity index (χ0v) is 13.8. The molecular weight excluding hydrogens is 284 g/mol. The van der Waals surface area contributed by atoms with Crippen molar-refractivity contribution in [1.82, 2.24) is 0 Å². The first-order valence-corrected chi connectivity index (χ1v) is 8.37. The maximum atomic E-state index is 12.8. The van der Waals surface area contributed by atoms with Gasteiger partial charge < -0.3 is 10.2 Å². The van der Waals surface area contributed by atoms with Gasteiger partial charge in [-0.3, -0.25) is 4.79 Å². The van der Waals surface area contributed by atoms with Crippen LogP contribution >= 0.6 is 0 Å². The number of aryl methyl sites for hydroxylation is 1. The second-order valence-electron chi connectivity index (χ2n) is 6.46. The Kier molecular flexibility index (Phi) is 4.65. The largest absolute Gasteiger partial charge is 0.372 e. The zero-order valence-electron chi connectivity index (χ0n) is 13.8. The number of carbonyl (C=O) groups excluding carboxylic acids is 1. The van der Waals surface area contributed by atoms with Crippen molar-refractivity contribution in [3.8, 4) is 0 Å². The lowest BCUT2D eigenvalue weighted by molar-refractivity contribution is -0.120. The summed E-state index contributed by atoms with van der Waals surface area (Å²) in [5, 5.41) is 3.39. The molecule has 23 heavy (non-hydrogen) atoms. The van der Waals surface area contributed by atoms with Crippen LogP contribution in [0.2, 0.25) is 0 Å². The van der Waals surface area contributed by atoms with E-state index in [2.05, 4.69) is 49.5 Å². The van der Waals surface area contributed by atoms with Crippen LogP contribution in [0, 0.1) is 5.92 Å². The van der Waals surface area contributed by atoms with Crippen LogP contribution in [-0.4, -0.2) is 18.5 Å². The van der Waals surface area contributed by atoms with Crippen LogP contribution in [0.4, 0.5) is 11.4 Å². The van der Waals surface area contributed by atoms with Crippen molar-refractivity contribution in [3.63, 3.8) is 0 Å². The summed E-state index contributed by atoms with van der Waals surface area (Å²) in [4.78, 5) is 14.8. The smallest absolute Gasteiger partial charge is 0.249 e. The maximum Gasteiger partial charge on any atom is 0.249 e. The minimum absolute atomic E-state index is 0.137. The summed E-state index contributed by atoms with van der Waals surface area (Å²) in [6, 6.07) is 18.4. The second kappa shape index (κ2) is 6.86. The lowest BCUT2D eigenvalue weighted by atomic mass is 9.98. The highest BCUT2D eigenvalue weighted by Gasteiger charge is 2.33. The molecule has 1 amide bonds. The third-order valence-electron chi connectivity index (χ3n) is 4.39. The molecule has 0 bridgehead atoms. The molecule has 2 aromatic carbocycles. The molecule has 3 heteroatoms. The van der Waals surface area contributed by atoms with E-state index in [9.17, 15) is 4.79 Å². The summed E-state index contributed by atoms with van der Waals surface area (Å²) in [6.07, 6.45) is 1.96. The highest BCUT2D eigenvalue weighted by atomic mass is 16.2. The van der Waals surface area contributed by atoms with Crippen LogP contribution in [0.1, 0.15) is 25.8 Å². The number of hydrogen-bond donors (Lipinski definition) is 1. The van der Waals surface area contributed by atoms with Crippen molar-refractivity contribution in [2.24, 2.45) is 5.92 Å². The molecule has 0 fully saturated rings. The summed E-state index contributed by atoms with van der Waals surface area (Å²) in [6.45, 7) is 4.94. The highest BCUT2D eigenvalue weighted by Crippen LogP contribution is 2.33. The van der Waals surface area contributed by atoms with E-state index in [1.54, 1.807) is 0 Å². The van der Waals surface area contributed by atoms with E-state index in [1.165, 1.54) is 5.56 Å². The number of nitrogens with zero attached hydrogens (tertiary/aromatic N) is 1. The van der Waals surface area contributed by atoms with Gasteiger partial charge in [-0.05, 0) is 36.5 Å². The molecule has 3 rings (SSSR count). The second-order valence-corrected chi connectivity index (χ2v) is 6.46. The fourth-order valence-corrected chi connectivity index (χ4v) is 3.12. The topological polar surface area (TPSA) is 32.3 Å². The molecule has 1 N–H and O–H groups in total. The Balaban J connectivity index is 1.75. The Labute approximate surface area is 138 Å². The monoisotopic (exact) mass is 308 g/mol. The van der Waals surface area contributed by atoms with Crippen LogP contribution < -0.4 is 10.2 Å². The van der Waals surface area contributed by atoms with Gasteiger partial charge in [-0.1, -0.05) is 56.3 Å². The van der Waals surface area contributed by atoms with Gasteiger partial charge in [0.15, 0.2) is 0 Å². The van der Waals surface area contributed by atoms with Gasteiger partial charge in [-0.25, -0.2) is 0 Å². The van der Waals surface area contributed by atoms with Gasteiger partial charge in [0, 0.05) is 6.54 Å². The summed E-state index contributed by atoms with van der Waals surface area (Å²) in [7, 11) is 0. The van der Waals surface area contributed by atoms with Crippen molar-refractivity contribution >= 4 is 17.3 Å². The molecule has 0 aliphatic carbocycles. The Hall–Kier alpha value is -2.29. The van der Waals surface area contributed by atoms with Crippen molar-refractivity contribution in [1.29, 1.82) is 0 Å². The zero-order chi connectivity index (χ0) is 16.2. The van der Waals surface area contributed by atoms with Crippen molar-refractivity contribution in [2.45, 2.75) is 32.7 Å². The molecule has 1 aliphatic heterocycles. The maximum absolute atomic E-state index is 12.8. The molecule has 1 heterocycles. The van der Waals surface area contributed by atoms with E-state index in [-0.39, 0.29) is 17.9 Å². The van der Waals surface area contributed by atoms with Crippen molar-refractivity contribution in [2.75, 3.05) is 16.8 Å². The van der Waals surface area contributed by atoms with E-state index >= 15 is 0 Å². The van der Waals surface area contributed by atoms with Gasteiger partial charge >= 0.3 is 0 Å². The molecule has 0 radical (unpaired) electrons. The predicted molar refractivity (Wildman–Crippen MR) is 95.8 cm³/mol. The summed E-state index contributed by atoms with van der Waals surface area (Å²) >= 11 is 0. The summed E-state index contributed by atoms with van der Waals surface area (Å²) < 4.78 is 0. The standard InChI is InChI=1S/C20H24N2O/c1-15(2)19-20(23)22(18-13-7-6-12-17(18)21-19)14-8-11-16-9-4-3-5-10-16/h3-7,9-10,12-13,15,19,21H,8,11,14H2,1-2H3. The number of carbonyl (C=O) groups is 1. The number of nitrogens with one attached hydrogen (secondary N) is 1. The molecule has 0 saturated heterocycles. The normalized spacial score (nSPS) is 17.1. The average Bonchev–Trinajstić information content (AvgIpc) is 2.57. The minimum Gasteiger partial charge on any atom is -0.372 e. The quantitative estimate of drug-likeness (QED) is 0.902. The molecule has 1 aliphatic rings. The Morgan fingerprint density at radius 3 is 2.48 bits per heavy atom. The minimum atomic E-state index is -0.137. The molecule has 120 valence electrons. The van der Waals surface area contributed by atoms with E-state index < -0.39 is 0 Å². The number of anilines is 2. The fourth-order valence-electron chi connectivity index (χ4n) is 3.12. The first-order chi connectivity index (χ1) is 11.2. The number of rotatable bonds is 5. The molecule has 2 aromatic rings. The van der Waals surface area contributed by atoms with Crippen LogP contribution in [0.3, 0.4) is 0 Å². The fraction of sp³-hybridized carbons (Fsp3) is 0.350. The Morgan fingerprint density at radius 2 is 1.74 bits per heavy atom. The summed E-state index contributed by atoms with van der Waals surface area (Å²) in [5.74, 6) is 0.458. The molecule has 0 saturated carbocycles. The highest BCUT2D eigenvalue weighted by molar-refractivity contribution is 6.05. The first-order valence-electron chi connectivity index (χ1n) is 8.37. The molecule has 1 unspecified atom stereocenters. The van der Waals surface area contributed by atoms with Crippen molar-refractivity contribution in [3.05, 3.63) is 60.2 Å². The predicted octanol–water partition coefficient (Wildman–Crippen LogP) is 4.10. The number of amides is 1.